The summed E-state index contributed by atoms with van der Waals surface area (Å²) in [6, 6.07) is 17.1. The molecule has 0 saturated carbocycles. The van der Waals surface area contributed by atoms with E-state index in [0.717, 1.165) is 35.4 Å². The molecule has 210 valence electrons. The fourth-order valence-corrected chi connectivity index (χ4v) is 6.46. The molecule has 6 rings (SSSR count). The Morgan fingerprint density at radius 2 is 1.88 bits per heavy atom. The van der Waals surface area contributed by atoms with Crippen molar-refractivity contribution in [3.8, 4) is 5.69 Å². The average molecular weight is 560 g/mol. The Bertz CT molecular complexity index is 1670. The number of fused-ring (bicyclic) bond motifs is 4. The van der Waals surface area contributed by atoms with Gasteiger partial charge in [0.25, 0.3) is 0 Å². The molecule has 2 N–H and O–H groups in total. The zero-order valence-electron chi connectivity index (χ0n) is 23.7. The minimum Gasteiger partial charge on any atom is -0.368 e. The SMILES string of the molecule is CN(C)C1CCN2c3ccc(Nc4ncc5ccn(-c6cccc(NS(=O)(=O)C(C)(C)C)c6)c5n4)cc3CC2C1. The first-order chi connectivity index (χ1) is 19.0. The molecule has 2 atom stereocenters. The molecule has 2 aromatic heterocycles. The van der Waals surface area contributed by atoms with Crippen LogP contribution >= 0.6 is 0 Å². The highest BCUT2D eigenvalue weighted by Gasteiger charge is 2.35. The van der Waals surface area contributed by atoms with Crippen molar-refractivity contribution in [1.82, 2.24) is 19.4 Å². The highest BCUT2D eigenvalue weighted by molar-refractivity contribution is 7.94. The highest BCUT2D eigenvalue weighted by Crippen LogP contribution is 2.39. The lowest BCUT2D eigenvalue weighted by Crippen LogP contribution is -2.46. The number of hydrogen-bond donors (Lipinski definition) is 2. The summed E-state index contributed by atoms with van der Waals surface area (Å²) in [7, 11) is 0.828. The molecule has 40 heavy (non-hydrogen) atoms. The first kappa shape index (κ1) is 26.6. The zero-order chi connectivity index (χ0) is 28.2. The van der Waals surface area contributed by atoms with Crippen LogP contribution in [0.5, 0.6) is 0 Å². The van der Waals surface area contributed by atoms with Gasteiger partial charge in [0.05, 0.1) is 10.4 Å². The lowest BCUT2D eigenvalue weighted by atomic mass is 9.96. The fraction of sp³-hybridized carbons (Fsp3) is 0.400. The Balaban J connectivity index is 1.24. The summed E-state index contributed by atoms with van der Waals surface area (Å²) in [5.41, 5.74) is 5.74. The maximum absolute atomic E-state index is 12.7. The number of nitrogens with zero attached hydrogens (tertiary/aromatic N) is 5. The summed E-state index contributed by atoms with van der Waals surface area (Å²) in [6.45, 7) is 6.13. The van der Waals surface area contributed by atoms with Crippen LogP contribution in [-0.4, -0.2) is 65.3 Å². The molecule has 0 radical (unpaired) electrons. The Morgan fingerprint density at radius 3 is 2.65 bits per heavy atom. The van der Waals surface area contributed by atoms with E-state index in [2.05, 4.69) is 57.1 Å². The molecule has 0 spiro atoms. The van der Waals surface area contributed by atoms with Gasteiger partial charge in [-0.1, -0.05) is 6.07 Å². The molecular weight excluding hydrogens is 522 g/mol. The first-order valence-corrected chi connectivity index (χ1v) is 15.3. The highest BCUT2D eigenvalue weighted by atomic mass is 32.2. The predicted octanol–water partition coefficient (Wildman–Crippen LogP) is 5.16. The van der Waals surface area contributed by atoms with Gasteiger partial charge < -0.3 is 19.7 Å². The van der Waals surface area contributed by atoms with Crippen LogP contribution in [0.3, 0.4) is 0 Å². The van der Waals surface area contributed by atoms with Gasteiger partial charge in [0.2, 0.25) is 16.0 Å². The second-order valence-electron chi connectivity index (χ2n) is 12.1. The number of benzene rings is 2. The summed E-state index contributed by atoms with van der Waals surface area (Å²) in [5, 5.41) is 4.30. The summed E-state index contributed by atoms with van der Waals surface area (Å²) < 4.78 is 29.1. The number of aromatic nitrogens is 3. The molecule has 4 heterocycles. The number of sulfonamides is 1. The fourth-order valence-electron chi connectivity index (χ4n) is 5.71. The van der Waals surface area contributed by atoms with E-state index >= 15 is 0 Å². The minimum atomic E-state index is -3.54. The third-order valence-electron chi connectivity index (χ3n) is 8.13. The van der Waals surface area contributed by atoms with Crippen molar-refractivity contribution in [1.29, 1.82) is 0 Å². The summed E-state index contributed by atoms with van der Waals surface area (Å²) >= 11 is 0. The second kappa shape index (κ2) is 9.78. The van der Waals surface area contributed by atoms with Crippen LogP contribution < -0.4 is 14.9 Å². The molecule has 1 saturated heterocycles. The van der Waals surface area contributed by atoms with Crippen LogP contribution in [0.2, 0.25) is 0 Å². The molecule has 10 heteroatoms. The van der Waals surface area contributed by atoms with Gasteiger partial charge in [-0.2, -0.15) is 4.98 Å². The molecule has 0 amide bonds. The van der Waals surface area contributed by atoms with Crippen LogP contribution in [0.1, 0.15) is 39.2 Å². The van der Waals surface area contributed by atoms with E-state index < -0.39 is 14.8 Å². The molecular formula is C30H37N7O2S. The maximum Gasteiger partial charge on any atom is 0.237 e. The van der Waals surface area contributed by atoms with Gasteiger partial charge in [0.15, 0.2) is 0 Å². The topological polar surface area (TPSA) is 95.4 Å². The molecule has 1 fully saturated rings. The zero-order valence-corrected chi connectivity index (χ0v) is 24.5. The van der Waals surface area contributed by atoms with Gasteiger partial charge in [-0.25, -0.2) is 13.4 Å². The van der Waals surface area contributed by atoms with E-state index in [9.17, 15) is 8.42 Å². The summed E-state index contributed by atoms with van der Waals surface area (Å²) in [4.78, 5) is 14.3. The van der Waals surface area contributed by atoms with E-state index in [1.54, 1.807) is 26.8 Å². The van der Waals surface area contributed by atoms with Crippen molar-refractivity contribution in [3.63, 3.8) is 0 Å². The minimum absolute atomic E-state index is 0.507. The molecule has 0 bridgehead atoms. The van der Waals surface area contributed by atoms with Crippen molar-refractivity contribution in [2.75, 3.05) is 35.6 Å². The van der Waals surface area contributed by atoms with Crippen LogP contribution in [0.25, 0.3) is 16.7 Å². The van der Waals surface area contributed by atoms with Crippen molar-refractivity contribution in [2.24, 2.45) is 0 Å². The van der Waals surface area contributed by atoms with Gasteiger partial charge in [-0.15, -0.1) is 0 Å². The maximum atomic E-state index is 12.7. The van der Waals surface area contributed by atoms with E-state index in [-0.39, 0.29) is 0 Å². The Kier molecular flexibility index (Phi) is 6.50. The lowest BCUT2D eigenvalue weighted by molar-refractivity contribution is 0.227. The standard InChI is InChI=1S/C30H37N7O2S/c1-30(2,3)40(38,39)34-23-7-6-8-25(17-23)37-13-11-20-19-31-29(33-28(20)37)32-22-9-10-27-21(15-22)16-26-18-24(35(4)5)12-14-36(26)27/h6-11,13,15,17,19,24,26,34H,12,14,16,18H2,1-5H3,(H,31,32,33). The number of nitrogens with one attached hydrogen (secondary N) is 2. The Labute approximate surface area is 236 Å². The molecule has 4 aromatic rings. The molecule has 0 aliphatic carbocycles. The monoisotopic (exact) mass is 559 g/mol. The Hall–Kier alpha value is -3.63. The number of anilines is 4. The normalized spacial score (nSPS) is 19.1. The smallest absolute Gasteiger partial charge is 0.237 e. The van der Waals surface area contributed by atoms with Gasteiger partial charge in [-0.3, -0.25) is 4.72 Å². The third-order valence-corrected chi connectivity index (χ3v) is 10.2. The number of hydrogen-bond acceptors (Lipinski definition) is 7. The van der Waals surface area contributed by atoms with Crippen LogP contribution in [0, 0.1) is 0 Å². The number of rotatable bonds is 6. The van der Waals surface area contributed by atoms with E-state index in [4.69, 9.17) is 4.98 Å². The second-order valence-corrected chi connectivity index (χ2v) is 14.5. The first-order valence-electron chi connectivity index (χ1n) is 13.8. The van der Waals surface area contributed by atoms with Gasteiger partial charge in [-0.05, 0) is 102 Å². The van der Waals surface area contributed by atoms with Crippen molar-refractivity contribution in [2.45, 2.75) is 56.9 Å². The quantitative estimate of drug-likeness (QED) is 0.337. The molecule has 2 aliphatic heterocycles. The molecule has 9 nitrogen and oxygen atoms in total. The number of piperidine rings is 1. The van der Waals surface area contributed by atoms with E-state index in [1.807, 2.05) is 41.2 Å². The average Bonchev–Trinajstić information content (AvgIpc) is 3.48. The van der Waals surface area contributed by atoms with Crippen molar-refractivity contribution in [3.05, 3.63) is 66.5 Å². The third kappa shape index (κ3) is 4.90. The van der Waals surface area contributed by atoms with Crippen molar-refractivity contribution >= 4 is 44.1 Å². The summed E-state index contributed by atoms with van der Waals surface area (Å²) in [5.74, 6) is 0.514. The molecule has 2 aliphatic rings. The van der Waals surface area contributed by atoms with Gasteiger partial charge in [0.1, 0.15) is 5.65 Å². The molecule has 2 unspecified atom stereocenters. The van der Waals surface area contributed by atoms with Crippen molar-refractivity contribution < 1.29 is 8.42 Å². The molecule has 2 aromatic carbocycles. The van der Waals surface area contributed by atoms with Gasteiger partial charge in [0, 0.05) is 53.5 Å². The van der Waals surface area contributed by atoms with Crippen LogP contribution in [0.4, 0.5) is 23.0 Å². The Morgan fingerprint density at radius 1 is 1.05 bits per heavy atom. The van der Waals surface area contributed by atoms with E-state index in [0.29, 0.717) is 23.7 Å². The van der Waals surface area contributed by atoms with Crippen LogP contribution in [-0.2, 0) is 16.4 Å². The predicted molar refractivity (Wildman–Crippen MR) is 162 cm³/mol. The van der Waals surface area contributed by atoms with E-state index in [1.165, 1.54) is 24.1 Å². The lowest BCUT2D eigenvalue weighted by Gasteiger charge is -2.39. The van der Waals surface area contributed by atoms with Gasteiger partial charge >= 0.3 is 0 Å². The van der Waals surface area contributed by atoms with Crippen LogP contribution in [0.15, 0.2) is 60.9 Å². The summed E-state index contributed by atoms with van der Waals surface area (Å²) in [6.07, 6.45) is 7.19. The largest absolute Gasteiger partial charge is 0.368 e.